The number of carbonyl (C=O) groups excluding carboxylic acids is 1. The van der Waals surface area contributed by atoms with E-state index in [1.54, 1.807) is 0 Å². The molecule has 1 N–H and O–H groups in total. The second kappa shape index (κ2) is 7.95. The quantitative estimate of drug-likeness (QED) is 0.732. The van der Waals surface area contributed by atoms with Crippen molar-refractivity contribution in [1.29, 1.82) is 0 Å². The second-order valence-corrected chi connectivity index (χ2v) is 9.06. The number of hydrogen-bond donors (Lipinski definition) is 1. The summed E-state index contributed by atoms with van der Waals surface area (Å²) < 4.78 is 17.9. The molecule has 2 heterocycles. The van der Waals surface area contributed by atoms with Gasteiger partial charge in [0.15, 0.2) is 6.61 Å². The minimum absolute atomic E-state index is 0.0986. The average Bonchev–Trinajstić information content (AvgIpc) is 3.15. The Hall–Kier alpha value is -2.54. The van der Waals surface area contributed by atoms with Gasteiger partial charge in [-0.3, -0.25) is 4.79 Å². The third-order valence-electron chi connectivity index (χ3n) is 5.87. The summed E-state index contributed by atoms with van der Waals surface area (Å²) in [6.45, 7) is 5.30. The summed E-state index contributed by atoms with van der Waals surface area (Å²) in [5, 5.41) is 3.68. The molecule has 7 heteroatoms. The van der Waals surface area contributed by atoms with Crippen LogP contribution >= 0.6 is 0 Å². The fourth-order valence-corrected chi connectivity index (χ4v) is 4.28. The van der Waals surface area contributed by atoms with E-state index < -0.39 is 0 Å². The van der Waals surface area contributed by atoms with Crippen molar-refractivity contribution < 1.29 is 18.7 Å². The molecule has 0 spiro atoms. The lowest BCUT2D eigenvalue weighted by Crippen LogP contribution is -2.34. The highest BCUT2D eigenvalue weighted by Crippen LogP contribution is 2.44. The first-order valence-corrected chi connectivity index (χ1v) is 10.6. The van der Waals surface area contributed by atoms with E-state index in [0.717, 1.165) is 60.7 Å². The van der Waals surface area contributed by atoms with Crippen LogP contribution in [0.3, 0.4) is 0 Å². The highest BCUT2D eigenvalue weighted by atomic mass is 16.5. The standard InChI is InChI=1S/C23H30N2O5/c1-23(2)9-8-16-17(30-23)12-18(28-13-19(26)24-10-11-25(3)4)20-14-6-5-7-15(14)22(27)29-21(16)20/h12H,5-11,13H2,1-4H3,(H,24,26). The van der Waals surface area contributed by atoms with Crippen LogP contribution in [0.4, 0.5) is 0 Å². The molecule has 0 radical (unpaired) electrons. The molecule has 4 rings (SSSR count). The zero-order valence-corrected chi connectivity index (χ0v) is 18.2. The third-order valence-corrected chi connectivity index (χ3v) is 5.87. The van der Waals surface area contributed by atoms with Gasteiger partial charge in [-0.25, -0.2) is 4.79 Å². The fourth-order valence-electron chi connectivity index (χ4n) is 4.28. The van der Waals surface area contributed by atoms with E-state index in [4.69, 9.17) is 13.9 Å². The van der Waals surface area contributed by atoms with Crippen molar-refractivity contribution in [2.45, 2.75) is 51.6 Å². The van der Waals surface area contributed by atoms with Gasteiger partial charge in [-0.2, -0.15) is 0 Å². The monoisotopic (exact) mass is 414 g/mol. The number of rotatable bonds is 6. The first kappa shape index (κ1) is 20.7. The number of likely N-dealkylation sites (N-methyl/N-ethyl adjacent to an activating group) is 1. The van der Waals surface area contributed by atoms with Gasteiger partial charge in [-0.1, -0.05) is 0 Å². The zero-order valence-electron chi connectivity index (χ0n) is 18.2. The average molecular weight is 415 g/mol. The molecule has 2 aromatic rings. The Morgan fingerprint density at radius 3 is 2.73 bits per heavy atom. The molecule has 30 heavy (non-hydrogen) atoms. The largest absolute Gasteiger partial charge is 0.487 e. The maximum Gasteiger partial charge on any atom is 0.339 e. The van der Waals surface area contributed by atoms with Crippen molar-refractivity contribution in [1.82, 2.24) is 10.2 Å². The molecule has 1 aromatic carbocycles. The Labute approximate surface area is 176 Å². The van der Waals surface area contributed by atoms with Crippen LogP contribution in [0.2, 0.25) is 0 Å². The van der Waals surface area contributed by atoms with Crippen molar-refractivity contribution in [2.24, 2.45) is 0 Å². The molecule has 162 valence electrons. The molecule has 1 amide bonds. The minimum atomic E-state index is -0.307. The van der Waals surface area contributed by atoms with Crippen LogP contribution in [0, 0.1) is 0 Å². The number of benzene rings is 1. The predicted octanol–water partition coefficient (Wildman–Crippen LogP) is 2.44. The van der Waals surface area contributed by atoms with Gasteiger partial charge in [0.1, 0.15) is 22.7 Å². The summed E-state index contributed by atoms with van der Waals surface area (Å²) in [7, 11) is 3.91. The van der Waals surface area contributed by atoms with Gasteiger partial charge in [0.05, 0.1) is 5.39 Å². The van der Waals surface area contributed by atoms with Gasteiger partial charge in [-0.15, -0.1) is 0 Å². The summed E-state index contributed by atoms with van der Waals surface area (Å²) in [5.41, 5.74) is 2.63. The second-order valence-electron chi connectivity index (χ2n) is 9.06. The Morgan fingerprint density at radius 2 is 1.97 bits per heavy atom. The van der Waals surface area contributed by atoms with Crippen LogP contribution in [-0.4, -0.2) is 50.2 Å². The number of amides is 1. The van der Waals surface area contributed by atoms with Crippen LogP contribution in [-0.2, 0) is 24.1 Å². The number of fused-ring (bicyclic) bond motifs is 5. The molecule has 1 aromatic heterocycles. The molecular weight excluding hydrogens is 384 g/mol. The van der Waals surface area contributed by atoms with Crippen LogP contribution in [0.5, 0.6) is 11.5 Å². The molecular formula is C23H30N2O5. The van der Waals surface area contributed by atoms with Crippen LogP contribution in [0.1, 0.15) is 43.4 Å². The summed E-state index contributed by atoms with van der Waals surface area (Å²) >= 11 is 0. The van der Waals surface area contributed by atoms with E-state index in [2.05, 4.69) is 5.32 Å². The zero-order chi connectivity index (χ0) is 21.5. The number of carbonyl (C=O) groups is 1. The Bertz CT molecular complexity index is 1040. The smallest absolute Gasteiger partial charge is 0.339 e. The number of nitrogens with one attached hydrogen (secondary N) is 1. The number of ether oxygens (including phenoxy) is 2. The molecule has 1 aliphatic heterocycles. The predicted molar refractivity (Wildman–Crippen MR) is 115 cm³/mol. The van der Waals surface area contributed by atoms with E-state index in [0.29, 0.717) is 23.6 Å². The van der Waals surface area contributed by atoms with E-state index in [1.807, 2.05) is 38.9 Å². The lowest BCUT2D eigenvalue weighted by molar-refractivity contribution is -0.123. The van der Waals surface area contributed by atoms with Crippen LogP contribution in [0.15, 0.2) is 15.3 Å². The molecule has 7 nitrogen and oxygen atoms in total. The van der Waals surface area contributed by atoms with E-state index in [-0.39, 0.29) is 23.7 Å². The van der Waals surface area contributed by atoms with E-state index in [1.165, 1.54) is 0 Å². The molecule has 1 aliphatic carbocycles. The highest BCUT2D eigenvalue weighted by Gasteiger charge is 2.32. The molecule has 2 aliphatic rings. The van der Waals surface area contributed by atoms with Gasteiger partial charge in [-0.05, 0) is 65.6 Å². The van der Waals surface area contributed by atoms with Crippen LogP contribution in [0.25, 0.3) is 11.0 Å². The summed E-state index contributed by atoms with van der Waals surface area (Å²) in [6.07, 6.45) is 4.06. The third kappa shape index (κ3) is 4.03. The van der Waals surface area contributed by atoms with Crippen molar-refractivity contribution >= 4 is 16.9 Å². The van der Waals surface area contributed by atoms with Crippen LogP contribution < -0.4 is 20.4 Å². The number of hydrogen-bond acceptors (Lipinski definition) is 6. The molecule has 0 saturated carbocycles. The number of aryl methyl sites for hydroxylation is 2. The Morgan fingerprint density at radius 1 is 1.20 bits per heavy atom. The van der Waals surface area contributed by atoms with Crippen molar-refractivity contribution in [3.05, 3.63) is 33.2 Å². The first-order valence-electron chi connectivity index (χ1n) is 10.6. The van der Waals surface area contributed by atoms with Crippen molar-refractivity contribution in [3.63, 3.8) is 0 Å². The fraction of sp³-hybridized carbons (Fsp3) is 0.565. The van der Waals surface area contributed by atoms with Gasteiger partial charge in [0.2, 0.25) is 0 Å². The van der Waals surface area contributed by atoms with Crippen molar-refractivity contribution in [2.75, 3.05) is 33.8 Å². The van der Waals surface area contributed by atoms with E-state index in [9.17, 15) is 9.59 Å². The normalized spacial score (nSPS) is 16.8. The molecule has 0 unspecified atom stereocenters. The lowest BCUT2D eigenvalue weighted by atomic mass is 9.91. The van der Waals surface area contributed by atoms with Gasteiger partial charge < -0.3 is 24.1 Å². The lowest BCUT2D eigenvalue weighted by Gasteiger charge is -2.33. The van der Waals surface area contributed by atoms with Crippen molar-refractivity contribution in [3.8, 4) is 11.5 Å². The van der Waals surface area contributed by atoms with E-state index >= 15 is 0 Å². The maximum absolute atomic E-state index is 12.6. The van der Waals surface area contributed by atoms with Gasteiger partial charge in [0.25, 0.3) is 5.91 Å². The van der Waals surface area contributed by atoms with Gasteiger partial charge >= 0.3 is 5.63 Å². The Kier molecular flexibility index (Phi) is 5.49. The SMILES string of the molecule is CN(C)CCNC(=O)COc1cc2c(c3oc(=O)c4c(c13)CCC4)CCC(C)(C)O2. The van der Waals surface area contributed by atoms with Gasteiger partial charge in [0, 0.05) is 30.3 Å². The minimum Gasteiger partial charge on any atom is -0.487 e. The highest BCUT2D eigenvalue weighted by molar-refractivity contribution is 5.93. The maximum atomic E-state index is 12.6. The first-order chi connectivity index (χ1) is 14.2. The topological polar surface area (TPSA) is 81.0 Å². The molecule has 0 bridgehead atoms. The Balaban J connectivity index is 1.70. The summed E-state index contributed by atoms with van der Waals surface area (Å²) in [6, 6.07) is 1.87. The molecule has 0 saturated heterocycles. The number of nitrogens with zero attached hydrogens (tertiary/aromatic N) is 1. The summed E-state index contributed by atoms with van der Waals surface area (Å²) in [4.78, 5) is 26.8. The molecule has 0 atom stereocenters. The molecule has 0 fully saturated rings. The summed E-state index contributed by atoms with van der Waals surface area (Å²) in [5.74, 6) is 1.03.